The van der Waals surface area contributed by atoms with Gasteiger partial charge in [-0.05, 0) is 49.4 Å². The lowest BCUT2D eigenvalue weighted by Crippen LogP contribution is -2.34. The average molecular weight is 277 g/mol. The second-order valence-electron chi connectivity index (χ2n) is 5.55. The summed E-state index contributed by atoms with van der Waals surface area (Å²) in [6.07, 6.45) is 1.06. The molecule has 0 aliphatic rings. The predicted octanol–water partition coefficient (Wildman–Crippen LogP) is 2.63. The van der Waals surface area contributed by atoms with Crippen molar-refractivity contribution in [3.8, 4) is 5.75 Å². The van der Waals surface area contributed by atoms with E-state index in [9.17, 15) is 0 Å². The van der Waals surface area contributed by atoms with Crippen molar-refractivity contribution < 1.29 is 4.74 Å². The smallest absolute Gasteiger partial charge is 0.188 e. The topological polar surface area (TPSA) is 59.6 Å². The number of ether oxygens (including phenoxy) is 1. The Morgan fingerprint density at radius 2 is 1.90 bits per heavy atom. The summed E-state index contributed by atoms with van der Waals surface area (Å²) in [5.74, 6) is 2.05. The maximum Gasteiger partial charge on any atom is 0.188 e. The lowest BCUT2D eigenvalue weighted by molar-refractivity contribution is 0.322. The molecular weight excluding hydrogens is 250 g/mol. The van der Waals surface area contributed by atoms with Crippen LogP contribution in [-0.2, 0) is 0 Å². The van der Waals surface area contributed by atoms with Crippen molar-refractivity contribution in [3.63, 3.8) is 0 Å². The fraction of sp³-hybridized carbons (Fsp3) is 0.562. The molecule has 0 heterocycles. The minimum atomic E-state index is 0.495. The average Bonchev–Trinajstić information content (AvgIpc) is 2.33. The lowest BCUT2D eigenvalue weighted by Gasteiger charge is -2.10. The Kier molecular flexibility index (Phi) is 6.91. The molecule has 0 fully saturated rings. The van der Waals surface area contributed by atoms with Crippen LogP contribution in [0, 0.1) is 19.8 Å². The Labute approximate surface area is 122 Å². The molecule has 4 nitrogen and oxygen atoms in total. The Bertz CT molecular complexity index is 421. The van der Waals surface area contributed by atoms with E-state index in [1.165, 1.54) is 11.1 Å². The summed E-state index contributed by atoms with van der Waals surface area (Å²) in [5.41, 5.74) is 8.19. The molecule has 1 rings (SSSR count). The first-order chi connectivity index (χ1) is 9.47. The SMILES string of the molecule is Cc1cc(C)cc(OCCNC(N)=NCCC(C)C)c1. The van der Waals surface area contributed by atoms with Crippen molar-refractivity contribution in [2.45, 2.75) is 34.1 Å². The molecule has 4 heteroatoms. The standard InChI is InChI=1S/C16H27N3O/c1-12(2)5-6-18-16(17)19-7-8-20-15-10-13(3)9-14(4)11-15/h9-12H,5-8H2,1-4H3,(H3,17,18,19). The highest BCUT2D eigenvalue weighted by Crippen LogP contribution is 2.15. The quantitative estimate of drug-likeness (QED) is 0.457. The van der Waals surface area contributed by atoms with Crippen LogP contribution in [0.15, 0.2) is 23.2 Å². The van der Waals surface area contributed by atoms with Crippen LogP contribution in [0.5, 0.6) is 5.75 Å². The fourth-order valence-electron chi connectivity index (χ4n) is 1.86. The van der Waals surface area contributed by atoms with Crippen molar-refractivity contribution >= 4 is 5.96 Å². The van der Waals surface area contributed by atoms with Gasteiger partial charge >= 0.3 is 0 Å². The molecule has 1 aromatic rings. The third kappa shape index (κ3) is 7.02. The van der Waals surface area contributed by atoms with Gasteiger partial charge in [0.2, 0.25) is 0 Å². The highest BCUT2D eigenvalue weighted by Gasteiger charge is 1.98. The van der Waals surface area contributed by atoms with E-state index >= 15 is 0 Å². The van der Waals surface area contributed by atoms with Crippen LogP contribution in [0.3, 0.4) is 0 Å². The van der Waals surface area contributed by atoms with Gasteiger partial charge in [-0.3, -0.25) is 4.99 Å². The molecule has 0 spiro atoms. The summed E-state index contributed by atoms with van der Waals surface area (Å²) in [5, 5.41) is 3.06. The van der Waals surface area contributed by atoms with Crippen molar-refractivity contribution in [3.05, 3.63) is 29.3 Å². The number of hydrogen-bond donors (Lipinski definition) is 2. The lowest BCUT2D eigenvalue weighted by atomic mass is 10.1. The number of nitrogens with one attached hydrogen (secondary N) is 1. The molecule has 0 amide bonds. The van der Waals surface area contributed by atoms with Crippen LogP contribution >= 0.6 is 0 Å². The summed E-state index contributed by atoms with van der Waals surface area (Å²) < 4.78 is 5.69. The zero-order valence-corrected chi connectivity index (χ0v) is 13.1. The van der Waals surface area contributed by atoms with E-state index in [2.05, 4.69) is 44.1 Å². The number of aliphatic imine (C=N–C) groups is 1. The fourth-order valence-corrected chi connectivity index (χ4v) is 1.86. The summed E-state index contributed by atoms with van der Waals surface area (Å²) in [6, 6.07) is 6.20. The highest BCUT2D eigenvalue weighted by molar-refractivity contribution is 5.77. The molecule has 0 saturated carbocycles. The van der Waals surface area contributed by atoms with Gasteiger partial charge in [-0.1, -0.05) is 19.9 Å². The van der Waals surface area contributed by atoms with E-state index in [4.69, 9.17) is 10.5 Å². The third-order valence-electron chi connectivity index (χ3n) is 2.86. The van der Waals surface area contributed by atoms with Gasteiger partial charge in [0.15, 0.2) is 5.96 Å². The van der Waals surface area contributed by atoms with Crippen LogP contribution < -0.4 is 15.8 Å². The summed E-state index contributed by atoms with van der Waals surface area (Å²) in [7, 11) is 0. The third-order valence-corrected chi connectivity index (χ3v) is 2.86. The van der Waals surface area contributed by atoms with Crippen molar-refractivity contribution in [1.82, 2.24) is 5.32 Å². The molecule has 3 N–H and O–H groups in total. The highest BCUT2D eigenvalue weighted by atomic mass is 16.5. The first kappa shape index (κ1) is 16.3. The number of aryl methyl sites for hydroxylation is 2. The van der Waals surface area contributed by atoms with Gasteiger partial charge in [0.25, 0.3) is 0 Å². The molecule has 0 saturated heterocycles. The normalized spacial score (nSPS) is 11.8. The first-order valence-electron chi connectivity index (χ1n) is 7.22. The molecule has 0 atom stereocenters. The minimum absolute atomic E-state index is 0.495. The van der Waals surface area contributed by atoms with E-state index in [0.29, 0.717) is 25.0 Å². The molecule has 0 radical (unpaired) electrons. The van der Waals surface area contributed by atoms with Crippen molar-refractivity contribution in [2.24, 2.45) is 16.6 Å². The second kappa shape index (κ2) is 8.46. The zero-order valence-electron chi connectivity index (χ0n) is 13.1. The first-order valence-corrected chi connectivity index (χ1v) is 7.22. The van der Waals surface area contributed by atoms with Gasteiger partial charge in [-0.2, -0.15) is 0 Å². The second-order valence-corrected chi connectivity index (χ2v) is 5.55. The Hall–Kier alpha value is -1.71. The zero-order chi connectivity index (χ0) is 15.0. The van der Waals surface area contributed by atoms with E-state index in [-0.39, 0.29) is 0 Å². The van der Waals surface area contributed by atoms with Crippen LogP contribution in [0.4, 0.5) is 0 Å². The van der Waals surface area contributed by atoms with Gasteiger partial charge in [0.05, 0.1) is 6.54 Å². The number of guanidine groups is 1. The maximum absolute atomic E-state index is 5.77. The summed E-state index contributed by atoms with van der Waals surface area (Å²) >= 11 is 0. The number of benzene rings is 1. The van der Waals surface area contributed by atoms with Gasteiger partial charge in [-0.15, -0.1) is 0 Å². The van der Waals surface area contributed by atoms with Crippen molar-refractivity contribution in [1.29, 1.82) is 0 Å². The number of rotatable bonds is 7. The van der Waals surface area contributed by atoms with Gasteiger partial charge in [0, 0.05) is 6.54 Å². The molecule has 20 heavy (non-hydrogen) atoms. The maximum atomic E-state index is 5.77. The van der Waals surface area contributed by atoms with Crippen LogP contribution in [-0.4, -0.2) is 25.7 Å². The van der Waals surface area contributed by atoms with E-state index in [0.717, 1.165) is 18.7 Å². The molecule has 0 aliphatic carbocycles. The molecular formula is C16H27N3O. The van der Waals surface area contributed by atoms with Crippen LogP contribution in [0.1, 0.15) is 31.4 Å². The largest absolute Gasteiger partial charge is 0.492 e. The van der Waals surface area contributed by atoms with E-state index in [1.54, 1.807) is 0 Å². The van der Waals surface area contributed by atoms with Crippen molar-refractivity contribution in [2.75, 3.05) is 19.7 Å². The number of hydrogen-bond acceptors (Lipinski definition) is 2. The van der Waals surface area contributed by atoms with Crippen LogP contribution in [0.2, 0.25) is 0 Å². The molecule has 0 aliphatic heterocycles. The monoisotopic (exact) mass is 277 g/mol. The van der Waals surface area contributed by atoms with Crippen LogP contribution in [0.25, 0.3) is 0 Å². The van der Waals surface area contributed by atoms with Gasteiger partial charge in [0.1, 0.15) is 12.4 Å². The molecule has 0 bridgehead atoms. The molecule has 1 aromatic carbocycles. The Balaban J connectivity index is 2.24. The Morgan fingerprint density at radius 1 is 1.25 bits per heavy atom. The van der Waals surface area contributed by atoms with Gasteiger partial charge < -0.3 is 15.8 Å². The number of nitrogens with two attached hydrogens (primary N) is 1. The van der Waals surface area contributed by atoms with E-state index < -0.39 is 0 Å². The summed E-state index contributed by atoms with van der Waals surface area (Å²) in [6.45, 7) is 10.5. The predicted molar refractivity (Wildman–Crippen MR) is 85.4 cm³/mol. The van der Waals surface area contributed by atoms with Gasteiger partial charge in [-0.25, -0.2) is 0 Å². The van der Waals surface area contributed by atoms with E-state index in [1.807, 2.05) is 12.1 Å². The molecule has 112 valence electrons. The molecule has 0 aromatic heterocycles. The summed E-state index contributed by atoms with van der Waals surface area (Å²) in [4.78, 5) is 4.26. The minimum Gasteiger partial charge on any atom is -0.492 e. The Morgan fingerprint density at radius 3 is 2.50 bits per heavy atom. The number of nitrogens with zero attached hydrogens (tertiary/aromatic N) is 1. The molecule has 0 unspecified atom stereocenters.